The third-order valence-electron chi connectivity index (χ3n) is 5.98. The zero-order chi connectivity index (χ0) is 22.6. The molecule has 2 aliphatic rings. The van der Waals surface area contributed by atoms with Gasteiger partial charge in [0.1, 0.15) is 0 Å². The van der Waals surface area contributed by atoms with Crippen molar-refractivity contribution in [3.05, 3.63) is 53.0 Å². The van der Waals surface area contributed by atoms with Crippen LogP contribution in [0.4, 0.5) is 13.2 Å². The Bertz CT molecular complexity index is 956. The summed E-state index contributed by atoms with van der Waals surface area (Å²) >= 11 is 0. The van der Waals surface area contributed by atoms with Crippen LogP contribution < -0.4 is 4.72 Å². The van der Waals surface area contributed by atoms with Gasteiger partial charge in [-0.1, -0.05) is 24.3 Å². The standard InChI is InChI=1S/C22H26F3NO4S/c23-22(24,25)18-7-4-5-15(12-18)9-10-31(29,30)26-20-14-16-11-17(19(20)13-16)6-2-1-3-8-21(27)28/h2,4-7,9-10,12,16-17,19-20,26H,1,3,8,11,13-14H2,(H,27,28). The summed E-state index contributed by atoms with van der Waals surface area (Å²) in [6.45, 7) is 0. The first-order chi connectivity index (χ1) is 14.5. The Balaban J connectivity index is 1.58. The Labute approximate surface area is 180 Å². The molecule has 0 saturated heterocycles. The largest absolute Gasteiger partial charge is 0.481 e. The van der Waals surface area contributed by atoms with E-state index in [2.05, 4.69) is 10.8 Å². The number of halogens is 3. The lowest BCUT2D eigenvalue weighted by Crippen LogP contribution is -2.40. The number of carbonyl (C=O) groups is 1. The zero-order valence-corrected chi connectivity index (χ0v) is 17.7. The monoisotopic (exact) mass is 457 g/mol. The van der Waals surface area contributed by atoms with Crippen LogP contribution in [0, 0.1) is 17.8 Å². The number of allylic oxidation sites excluding steroid dienone is 2. The zero-order valence-electron chi connectivity index (χ0n) is 16.9. The van der Waals surface area contributed by atoms with Gasteiger partial charge in [-0.15, -0.1) is 0 Å². The van der Waals surface area contributed by atoms with Crippen molar-refractivity contribution in [2.24, 2.45) is 17.8 Å². The van der Waals surface area contributed by atoms with Crippen LogP contribution in [0.1, 0.15) is 49.7 Å². The van der Waals surface area contributed by atoms with Crippen molar-refractivity contribution >= 4 is 22.1 Å². The predicted molar refractivity (Wildman–Crippen MR) is 111 cm³/mol. The van der Waals surface area contributed by atoms with Gasteiger partial charge in [0.2, 0.25) is 10.0 Å². The summed E-state index contributed by atoms with van der Waals surface area (Å²) in [4.78, 5) is 10.6. The third-order valence-corrected chi connectivity index (χ3v) is 7.10. The number of hydrogen-bond acceptors (Lipinski definition) is 3. The molecule has 4 unspecified atom stereocenters. The van der Waals surface area contributed by atoms with Gasteiger partial charge in [0.15, 0.2) is 0 Å². The number of sulfonamides is 1. The Morgan fingerprint density at radius 2 is 2.00 bits per heavy atom. The van der Waals surface area contributed by atoms with Crippen molar-refractivity contribution < 1.29 is 31.5 Å². The molecule has 5 nitrogen and oxygen atoms in total. The highest BCUT2D eigenvalue weighted by Gasteiger charge is 2.46. The molecule has 2 fully saturated rings. The summed E-state index contributed by atoms with van der Waals surface area (Å²) < 4.78 is 66.1. The molecule has 9 heteroatoms. The van der Waals surface area contributed by atoms with Gasteiger partial charge in [-0.2, -0.15) is 13.2 Å². The van der Waals surface area contributed by atoms with E-state index < -0.39 is 27.7 Å². The van der Waals surface area contributed by atoms with Crippen LogP contribution in [-0.4, -0.2) is 25.5 Å². The van der Waals surface area contributed by atoms with Crippen LogP contribution in [-0.2, 0) is 21.0 Å². The van der Waals surface area contributed by atoms with Crippen LogP contribution in [0.3, 0.4) is 0 Å². The average Bonchev–Trinajstić information content (AvgIpc) is 3.25. The summed E-state index contributed by atoms with van der Waals surface area (Å²) in [7, 11) is -3.80. The Kier molecular flexibility index (Phi) is 7.26. The van der Waals surface area contributed by atoms with Gasteiger partial charge in [-0.25, -0.2) is 13.1 Å². The molecule has 2 bridgehead atoms. The lowest BCUT2D eigenvalue weighted by Gasteiger charge is -2.27. The first-order valence-electron chi connectivity index (χ1n) is 10.3. The highest BCUT2D eigenvalue weighted by atomic mass is 32.2. The van der Waals surface area contributed by atoms with Crippen LogP contribution in [0.5, 0.6) is 0 Å². The van der Waals surface area contributed by atoms with Crippen LogP contribution >= 0.6 is 0 Å². The van der Waals surface area contributed by atoms with E-state index >= 15 is 0 Å². The molecule has 2 saturated carbocycles. The van der Waals surface area contributed by atoms with E-state index in [0.717, 1.165) is 36.8 Å². The van der Waals surface area contributed by atoms with Crippen molar-refractivity contribution in [2.45, 2.75) is 50.7 Å². The molecule has 3 rings (SSSR count). The van der Waals surface area contributed by atoms with Gasteiger partial charge in [-0.3, -0.25) is 4.79 Å². The number of nitrogens with one attached hydrogen (secondary N) is 1. The van der Waals surface area contributed by atoms with Gasteiger partial charge in [0.25, 0.3) is 0 Å². The lowest BCUT2D eigenvalue weighted by molar-refractivity contribution is -0.138. The molecule has 0 radical (unpaired) electrons. The number of carboxylic acid groups (broad SMARTS) is 1. The molecule has 1 aromatic carbocycles. The van der Waals surface area contributed by atoms with Crippen molar-refractivity contribution in [3.63, 3.8) is 0 Å². The first kappa shape index (κ1) is 23.5. The summed E-state index contributed by atoms with van der Waals surface area (Å²) in [5, 5.41) is 9.60. The molecule has 0 aromatic heterocycles. The molecule has 1 aromatic rings. The first-order valence-corrected chi connectivity index (χ1v) is 11.8. The number of carboxylic acids is 1. The van der Waals surface area contributed by atoms with Crippen LogP contribution in [0.25, 0.3) is 6.08 Å². The summed E-state index contributed by atoms with van der Waals surface area (Å²) in [5.41, 5.74) is -0.665. The Morgan fingerprint density at radius 3 is 2.68 bits per heavy atom. The topological polar surface area (TPSA) is 83.5 Å². The maximum absolute atomic E-state index is 12.8. The normalized spacial score (nSPS) is 26.3. The molecule has 0 amide bonds. The maximum Gasteiger partial charge on any atom is 0.416 e. The number of benzene rings is 1. The van der Waals surface area contributed by atoms with Gasteiger partial charge in [0.05, 0.1) is 5.56 Å². The van der Waals surface area contributed by atoms with Crippen molar-refractivity contribution in [2.75, 3.05) is 0 Å². The molecule has 0 heterocycles. The second kappa shape index (κ2) is 9.56. The fourth-order valence-corrected chi connectivity index (χ4v) is 5.75. The smallest absolute Gasteiger partial charge is 0.416 e. The molecular weight excluding hydrogens is 431 g/mol. The molecular formula is C22H26F3NO4S. The minimum absolute atomic E-state index is 0.127. The second-order valence-corrected chi connectivity index (χ2v) is 9.91. The van der Waals surface area contributed by atoms with Crippen molar-refractivity contribution in [1.29, 1.82) is 0 Å². The molecule has 0 spiro atoms. The number of alkyl halides is 3. The predicted octanol–water partition coefficient (Wildman–Crippen LogP) is 4.82. The molecule has 2 N–H and O–H groups in total. The third kappa shape index (κ3) is 6.67. The van der Waals surface area contributed by atoms with E-state index in [1.165, 1.54) is 18.2 Å². The van der Waals surface area contributed by atoms with Crippen molar-refractivity contribution in [1.82, 2.24) is 4.72 Å². The molecule has 4 atom stereocenters. The van der Waals surface area contributed by atoms with Gasteiger partial charge in [0, 0.05) is 17.9 Å². The highest BCUT2D eigenvalue weighted by molar-refractivity contribution is 7.92. The van der Waals surface area contributed by atoms with Crippen molar-refractivity contribution in [3.8, 4) is 0 Å². The summed E-state index contributed by atoms with van der Waals surface area (Å²) in [6.07, 6.45) is 4.81. The van der Waals surface area contributed by atoms with E-state index in [0.29, 0.717) is 18.8 Å². The second-order valence-electron chi connectivity index (χ2n) is 8.31. The molecule has 2 aliphatic carbocycles. The quantitative estimate of drug-likeness (QED) is 0.411. The SMILES string of the molecule is O=C(O)CCCC=CC1CC2CC(NS(=O)(=O)C=Cc3cccc(C(F)(F)F)c3)C1C2. The number of unbranched alkanes of at least 4 members (excludes halogenated alkanes) is 1. The van der Waals surface area contributed by atoms with Crippen LogP contribution in [0.15, 0.2) is 41.8 Å². The average molecular weight is 458 g/mol. The highest BCUT2D eigenvalue weighted by Crippen LogP contribution is 2.49. The molecule has 31 heavy (non-hydrogen) atoms. The van der Waals surface area contributed by atoms with E-state index in [1.807, 2.05) is 6.08 Å². The van der Waals surface area contributed by atoms with E-state index in [4.69, 9.17) is 5.11 Å². The fourth-order valence-electron chi connectivity index (χ4n) is 4.64. The Morgan fingerprint density at radius 1 is 1.23 bits per heavy atom. The van der Waals surface area contributed by atoms with E-state index in [1.54, 1.807) is 0 Å². The van der Waals surface area contributed by atoms with Gasteiger partial charge >= 0.3 is 12.1 Å². The summed E-state index contributed by atoms with van der Waals surface area (Å²) in [6, 6.07) is 4.31. The molecule has 170 valence electrons. The van der Waals surface area contributed by atoms with Gasteiger partial charge in [-0.05, 0) is 73.6 Å². The number of rotatable bonds is 9. The van der Waals surface area contributed by atoms with E-state index in [-0.39, 0.29) is 29.9 Å². The van der Waals surface area contributed by atoms with Crippen LogP contribution in [0.2, 0.25) is 0 Å². The van der Waals surface area contributed by atoms with Gasteiger partial charge < -0.3 is 5.11 Å². The number of hydrogen-bond donors (Lipinski definition) is 2. The van der Waals surface area contributed by atoms with E-state index in [9.17, 15) is 26.4 Å². The lowest BCUT2D eigenvalue weighted by atomic mass is 9.85. The Hall–Kier alpha value is -2.13. The summed E-state index contributed by atoms with van der Waals surface area (Å²) in [5.74, 6) is 0.0565. The number of fused-ring (bicyclic) bond motifs is 2. The minimum Gasteiger partial charge on any atom is -0.481 e. The molecule has 0 aliphatic heterocycles. The number of aliphatic carboxylic acids is 1. The maximum atomic E-state index is 12.8. The fraction of sp³-hybridized carbons (Fsp3) is 0.500. The minimum atomic E-state index is -4.49.